The summed E-state index contributed by atoms with van der Waals surface area (Å²) in [5.74, 6) is 2.08. The van der Waals surface area contributed by atoms with E-state index in [1.807, 2.05) is 72.1 Å². The minimum absolute atomic E-state index is 0.0475. The lowest BCUT2D eigenvalue weighted by atomic mass is 10.1. The number of carbonyl (C=O) groups is 2. The second-order valence-electron chi connectivity index (χ2n) is 6.01. The molecule has 1 N–H and O–H groups in total. The smallest absolute Gasteiger partial charge is 0.258 e. The van der Waals surface area contributed by atoms with Crippen LogP contribution in [0.5, 0.6) is 0 Å². The first kappa shape index (κ1) is 16.5. The molecule has 0 aliphatic carbocycles. The van der Waals surface area contributed by atoms with Crippen LogP contribution in [-0.4, -0.2) is 29.9 Å². The Morgan fingerprint density at radius 1 is 1.04 bits per heavy atom. The lowest BCUT2D eigenvalue weighted by Crippen LogP contribution is -2.42. The number of anilines is 2. The second kappa shape index (κ2) is 7.14. The van der Waals surface area contributed by atoms with Gasteiger partial charge in [0.25, 0.3) is 5.91 Å². The fraction of sp³-hybridized carbons (Fsp3) is 0.263. The predicted octanol–water partition coefficient (Wildman–Crippen LogP) is 4.15. The number of amides is 2. The Labute approximate surface area is 155 Å². The Hall–Kier alpha value is -1.92. The van der Waals surface area contributed by atoms with Gasteiger partial charge in [-0.25, -0.2) is 0 Å². The van der Waals surface area contributed by atoms with Gasteiger partial charge in [-0.1, -0.05) is 24.3 Å². The Morgan fingerprint density at radius 2 is 1.76 bits per heavy atom. The van der Waals surface area contributed by atoms with Gasteiger partial charge in [-0.05, 0) is 47.8 Å². The van der Waals surface area contributed by atoms with Gasteiger partial charge in [0.1, 0.15) is 6.54 Å². The number of para-hydroxylation sites is 2. The van der Waals surface area contributed by atoms with Crippen LogP contribution >= 0.6 is 23.5 Å². The molecule has 0 spiro atoms. The van der Waals surface area contributed by atoms with Crippen molar-refractivity contribution < 1.29 is 9.59 Å². The number of nitrogens with zero attached hydrogens (tertiary/aromatic N) is 1. The van der Waals surface area contributed by atoms with Crippen molar-refractivity contribution in [3.05, 3.63) is 59.7 Å². The first-order chi connectivity index (χ1) is 12.2. The zero-order valence-corrected chi connectivity index (χ0v) is 15.2. The molecule has 2 amide bonds. The molecule has 4 nitrogen and oxygen atoms in total. The molecule has 2 aromatic rings. The third-order valence-corrected chi connectivity index (χ3v) is 7.29. The van der Waals surface area contributed by atoms with Gasteiger partial charge in [-0.3, -0.25) is 14.5 Å². The van der Waals surface area contributed by atoms with Crippen LogP contribution in [0.3, 0.4) is 0 Å². The van der Waals surface area contributed by atoms with Crippen LogP contribution < -0.4 is 10.2 Å². The number of carbonyl (C=O) groups excluding carboxylic acids is 2. The standard InChI is InChI=1S/C19H18N2O2S2/c22-17-12-21(16-5-2-1-4-15(16)20-17)18(23)13-6-8-14(9-7-13)19-24-10-3-11-25-19/h1-2,4-9,19H,3,10-12H2,(H,20,22). The Morgan fingerprint density at radius 3 is 2.52 bits per heavy atom. The van der Waals surface area contributed by atoms with Crippen molar-refractivity contribution in [1.29, 1.82) is 0 Å². The Balaban J connectivity index is 1.58. The quantitative estimate of drug-likeness (QED) is 0.863. The molecule has 1 saturated heterocycles. The molecule has 2 aromatic carbocycles. The van der Waals surface area contributed by atoms with E-state index in [1.54, 1.807) is 4.90 Å². The van der Waals surface area contributed by atoms with Gasteiger partial charge in [0.15, 0.2) is 0 Å². The monoisotopic (exact) mass is 370 g/mol. The minimum Gasteiger partial charge on any atom is -0.323 e. The highest BCUT2D eigenvalue weighted by Crippen LogP contribution is 2.43. The molecule has 4 rings (SSSR count). The number of thioether (sulfide) groups is 2. The van der Waals surface area contributed by atoms with Crippen molar-refractivity contribution in [2.45, 2.75) is 11.0 Å². The van der Waals surface area contributed by atoms with E-state index in [9.17, 15) is 9.59 Å². The summed E-state index contributed by atoms with van der Waals surface area (Å²) in [6, 6.07) is 15.2. The normalized spacial score (nSPS) is 17.8. The van der Waals surface area contributed by atoms with Crippen molar-refractivity contribution in [1.82, 2.24) is 0 Å². The SMILES string of the molecule is O=C1CN(C(=O)c2ccc(C3SCCCS3)cc2)c2ccccc2N1. The molecule has 0 radical (unpaired) electrons. The molecule has 2 aliphatic rings. The van der Waals surface area contributed by atoms with Crippen LogP contribution in [0.2, 0.25) is 0 Å². The summed E-state index contributed by atoms with van der Waals surface area (Å²) in [7, 11) is 0. The highest BCUT2D eigenvalue weighted by Gasteiger charge is 2.27. The van der Waals surface area contributed by atoms with Crippen LogP contribution in [0.4, 0.5) is 11.4 Å². The third-order valence-electron chi connectivity index (χ3n) is 4.27. The van der Waals surface area contributed by atoms with Crippen molar-refractivity contribution in [3.63, 3.8) is 0 Å². The van der Waals surface area contributed by atoms with Gasteiger partial charge < -0.3 is 5.32 Å². The maximum Gasteiger partial charge on any atom is 0.258 e. The number of hydrogen-bond acceptors (Lipinski definition) is 4. The number of benzene rings is 2. The Kier molecular flexibility index (Phi) is 4.72. The molecule has 25 heavy (non-hydrogen) atoms. The van der Waals surface area contributed by atoms with Crippen molar-refractivity contribution in [2.75, 3.05) is 28.3 Å². The maximum atomic E-state index is 12.9. The molecule has 6 heteroatoms. The number of fused-ring (bicyclic) bond motifs is 1. The fourth-order valence-electron chi connectivity index (χ4n) is 3.03. The van der Waals surface area contributed by atoms with Gasteiger partial charge >= 0.3 is 0 Å². The molecule has 0 bridgehead atoms. The number of nitrogens with one attached hydrogen (secondary N) is 1. The van der Waals surface area contributed by atoms with E-state index in [2.05, 4.69) is 5.32 Å². The average molecular weight is 370 g/mol. The molecule has 2 heterocycles. The van der Waals surface area contributed by atoms with E-state index in [1.165, 1.54) is 23.5 Å². The van der Waals surface area contributed by atoms with Crippen molar-refractivity contribution >= 4 is 46.7 Å². The van der Waals surface area contributed by atoms with E-state index in [-0.39, 0.29) is 18.4 Å². The van der Waals surface area contributed by atoms with Gasteiger partial charge in [-0.15, -0.1) is 23.5 Å². The van der Waals surface area contributed by atoms with Crippen molar-refractivity contribution in [2.24, 2.45) is 0 Å². The molecule has 0 unspecified atom stereocenters. The van der Waals surface area contributed by atoms with Gasteiger partial charge in [0, 0.05) is 5.56 Å². The zero-order valence-electron chi connectivity index (χ0n) is 13.6. The Bertz CT molecular complexity index is 801. The van der Waals surface area contributed by atoms with Crippen LogP contribution in [0.1, 0.15) is 26.9 Å². The van der Waals surface area contributed by atoms with Crippen LogP contribution in [0, 0.1) is 0 Å². The van der Waals surface area contributed by atoms with Crippen molar-refractivity contribution in [3.8, 4) is 0 Å². The molecule has 0 aromatic heterocycles. The summed E-state index contributed by atoms with van der Waals surface area (Å²) >= 11 is 3.93. The molecule has 2 aliphatic heterocycles. The lowest BCUT2D eigenvalue weighted by Gasteiger charge is -2.29. The summed E-state index contributed by atoms with van der Waals surface area (Å²) in [6.45, 7) is 0.0475. The van der Waals surface area contributed by atoms with Crippen LogP contribution in [0.15, 0.2) is 48.5 Å². The molecular weight excluding hydrogens is 352 g/mol. The van der Waals surface area contributed by atoms with E-state index in [4.69, 9.17) is 0 Å². The first-order valence-electron chi connectivity index (χ1n) is 8.26. The number of rotatable bonds is 2. The summed E-state index contributed by atoms with van der Waals surface area (Å²) in [6.07, 6.45) is 1.26. The van der Waals surface area contributed by atoms with Gasteiger partial charge in [-0.2, -0.15) is 0 Å². The largest absolute Gasteiger partial charge is 0.323 e. The average Bonchev–Trinajstić information content (AvgIpc) is 2.67. The summed E-state index contributed by atoms with van der Waals surface area (Å²) in [5, 5.41) is 2.81. The highest BCUT2D eigenvalue weighted by atomic mass is 32.2. The minimum atomic E-state index is -0.168. The topological polar surface area (TPSA) is 49.4 Å². The van der Waals surface area contributed by atoms with E-state index < -0.39 is 0 Å². The fourth-order valence-corrected chi connectivity index (χ4v) is 5.93. The zero-order chi connectivity index (χ0) is 17.2. The molecule has 0 atom stereocenters. The van der Waals surface area contributed by atoms with E-state index in [0.717, 1.165) is 5.69 Å². The van der Waals surface area contributed by atoms with Crippen LogP contribution in [-0.2, 0) is 4.79 Å². The summed E-state index contributed by atoms with van der Waals surface area (Å²) in [5.41, 5.74) is 3.29. The van der Waals surface area contributed by atoms with E-state index in [0.29, 0.717) is 15.8 Å². The van der Waals surface area contributed by atoms with Gasteiger partial charge in [0.2, 0.25) is 5.91 Å². The lowest BCUT2D eigenvalue weighted by molar-refractivity contribution is -0.115. The molecule has 128 valence electrons. The maximum absolute atomic E-state index is 12.9. The molecule has 1 fully saturated rings. The highest BCUT2D eigenvalue weighted by molar-refractivity contribution is 8.16. The summed E-state index contributed by atoms with van der Waals surface area (Å²) < 4.78 is 0.458. The number of hydrogen-bond donors (Lipinski definition) is 1. The summed E-state index contributed by atoms with van der Waals surface area (Å²) in [4.78, 5) is 26.4. The predicted molar refractivity (Wildman–Crippen MR) is 105 cm³/mol. The van der Waals surface area contributed by atoms with E-state index >= 15 is 0 Å². The third kappa shape index (κ3) is 3.41. The first-order valence-corrected chi connectivity index (χ1v) is 10.4. The van der Waals surface area contributed by atoms with Gasteiger partial charge in [0.05, 0.1) is 16.0 Å². The second-order valence-corrected chi connectivity index (χ2v) is 8.73. The van der Waals surface area contributed by atoms with Crippen LogP contribution in [0.25, 0.3) is 0 Å². The molecule has 0 saturated carbocycles. The molecular formula is C19H18N2O2S2.